The highest BCUT2D eigenvalue weighted by Gasteiger charge is 2.13. The molecule has 2 heterocycles. The maximum atomic E-state index is 11.8. The quantitative estimate of drug-likeness (QED) is 0.521. The van der Waals surface area contributed by atoms with Crippen molar-refractivity contribution in [2.45, 2.75) is 0 Å². The van der Waals surface area contributed by atoms with Crippen molar-refractivity contribution in [1.29, 1.82) is 0 Å². The monoisotopic (exact) mass is 358 g/mol. The topological polar surface area (TPSA) is 65.2 Å². The molecular formula is C16H11BrN2O3. The van der Waals surface area contributed by atoms with Crippen LogP contribution in [-0.4, -0.2) is 22.5 Å². The number of halogens is 1. The average molecular weight is 359 g/mol. The molecule has 0 atom stereocenters. The van der Waals surface area contributed by atoms with E-state index in [0.29, 0.717) is 22.6 Å². The Morgan fingerprint density at radius 2 is 2.23 bits per heavy atom. The number of carbonyl (C=O) groups excluding carboxylic acids is 1. The first kappa shape index (κ1) is 14.5. The number of hydrogen-bond donors (Lipinski definition) is 0. The lowest BCUT2D eigenvalue weighted by atomic mass is 10.2. The summed E-state index contributed by atoms with van der Waals surface area (Å²) in [6, 6.07) is 6.83. The zero-order chi connectivity index (χ0) is 15.5. The highest BCUT2D eigenvalue weighted by molar-refractivity contribution is 9.10. The molecule has 3 aromatic rings. The number of hydrogen-bond acceptors (Lipinski definition) is 5. The molecule has 0 aliphatic rings. The number of benzene rings is 1. The number of fused-ring (bicyclic) bond motifs is 1. The highest BCUT2D eigenvalue weighted by atomic mass is 79.9. The number of oxazole rings is 1. The van der Waals surface area contributed by atoms with E-state index in [-0.39, 0.29) is 6.61 Å². The van der Waals surface area contributed by atoms with Gasteiger partial charge in [0.2, 0.25) is 5.89 Å². The summed E-state index contributed by atoms with van der Waals surface area (Å²) in [4.78, 5) is 20.3. The Labute approximate surface area is 134 Å². The molecule has 110 valence electrons. The Hall–Kier alpha value is -2.47. The maximum Gasteiger partial charge on any atom is 0.338 e. The average Bonchev–Trinajstić information content (AvgIpc) is 2.95. The molecule has 0 amide bonds. The third kappa shape index (κ3) is 2.92. The normalized spacial score (nSPS) is 10.6. The minimum atomic E-state index is -0.421. The molecular weight excluding hydrogens is 348 g/mol. The van der Waals surface area contributed by atoms with Crippen molar-refractivity contribution in [1.82, 2.24) is 9.97 Å². The van der Waals surface area contributed by atoms with Crippen LogP contribution >= 0.6 is 15.9 Å². The molecule has 6 heteroatoms. The second kappa shape index (κ2) is 6.11. The van der Waals surface area contributed by atoms with Crippen LogP contribution in [0.5, 0.6) is 0 Å². The molecule has 0 unspecified atom stereocenters. The Kier molecular flexibility index (Phi) is 4.02. The third-order valence-electron chi connectivity index (χ3n) is 2.91. The van der Waals surface area contributed by atoms with Gasteiger partial charge in [0, 0.05) is 16.9 Å². The van der Waals surface area contributed by atoms with Gasteiger partial charge in [0.1, 0.15) is 12.1 Å². The van der Waals surface area contributed by atoms with E-state index >= 15 is 0 Å². The lowest BCUT2D eigenvalue weighted by molar-refractivity contribution is 0.0550. The van der Waals surface area contributed by atoms with Gasteiger partial charge in [-0.1, -0.05) is 12.7 Å². The molecule has 3 rings (SSSR count). The van der Waals surface area contributed by atoms with Crippen molar-refractivity contribution in [3.05, 3.63) is 59.4 Å². The maximum absolute atomic E-state index is 11.8. The zero-order valence-corrected chi connectivity index (χ0v) is 13.0. The Balaban J connectivity index is 1.96. The van der Waals surface area contributed by atoms with Crippen molar-refractivity contribution in [3.63, 3.8) is 0 Å². The molecule has 0 N–H and O–H groups in total. The Morgan fingerprint density at radius 3 is 3.00 bits per heavy atom. The first-order chi connectivity index (χ1) is 10.7. The number of carbonyl (C=O) groups is 1. The van der Waals surface area contributed by atoms with E-state index < -0.39 is 5.97 Å². The van der Waals surface area contributed by atoms with Crippen molar-refractivity contribution in [2.75, 3.05) is 6.61 Å². The number of pyridine rings is 1. The van der Waals surface area contributed by atoms with Crippen LogP contribution in [0.4, 0.5) is 0 Å². The van der Waals surface area contributed by atoms with Crippen LogP contribution in [0.3, 0.4) is 0 Å². The van der Waals surface area contributed by atoms with Crippen molar-refractivity contribution in [2.24, 2.45) is 0 Å². The molecule has 0 saturated heterocycles. The van der Waals surface area contributed by atoms with E-state index in [1.807, 2.05) is 6.07 Å². The van der Waals surface area contributed by atoms with Crippen molar-refractivity contribution in [3.8, 4) is 11.5 Å². The predicted octanol–water partition coefficient (Wildman–Crippen LogP) is 4.00. The molecule has 0 aliphatic heterocycles. The van der Waals surface area contributed by atoms with Gasteiger partial charge in [-0.3, -0.25) is 4.98 Å². The van der Waals surface area contributed by atoms with Crippen LogP contribution in [0, 0.1) is 0 Å². The number of ether oxygens (including phenoxy) is 1. The van der Waals surface area contributed by atoms with Crippen LogP contribution < -0.4 is 0 Å². The van der Waals surface area contributed by atoms with E-state index in [9.17, 15) is 4.79 Å². The first-order valence-corrected chi connectivity index (χ1v) is 7.26. The summed E-state index contributed by atoms with van der Waals surface area (Å²) in [5.74, 6) is 0.0240. The summed E-state index contributed by atoms with van der Waals surface area (Å²) in [6.07, 6.45) is 4.86. The predicted molar refractivity (Wildman–Crippen MR) is 85.4 cm³/mol. The SMILES string of the molecule is C=CCOC(=O)c1ccc2oc(-c3cncc(Br)c3)nc2c1. The van der Waals surface area contributed by atoms with E-state index in [1.54, 1.807) is 30.6 Å². The molecule has 0 fully saturated rings. The van der Waals surface area contributed by atoms with Crippen molar-refractivity contribution >= 4 is 33.0 Å². The smallest absolute Gasteiger partial charge is 0.338 e. The molecule has 0 aliphatic carbocycles. The van der Waals surface area contributed by atoms with Crippen LogP contribution in [0.2, 0.25) is 0 Å². The fourth-order valence-electron chi connectivity index (χ4n) is 1.92. The molecule has 1 aromatic carbocycles. The molecule has 0 radical (unpaired) electrons. The lowest BCUT2D eigenvalue weighted by Gasteiger charge is -2.00. The van der Waals surface area contributed by atoms with Gasteiger partial charge in [-0.15, -0.1) is 0 Å². The third-order valence-corrected chi connectivity index (χ3v) is 3.34. The minimum absolute atomic E-state index is 0.171. The standard InChI is InChI=1S/C16H11BrN2O3/c1-2-5-21-16(20)10-3-4-14-13(7-10)19-15(22-14)11-6-12(17)9-18-8-11/h2-4,6-9H,1,5H2. The summed E-state index contributed by atoms with van der Waals surface area (Å²) in [5.41, 5.74) is 2.35. The summed E-state index contributed by atoms with van der Waals surface area (Å²) in [5, 5.41) is 0. The molecule has 0 saturated carbocycles. The zero-order valence-electron chi connectivity index (χ0n) is 11.5. The van der Waals surface area contributed by atoms with Gasteiger partial charge < -0.3 is 9.15 Å². The number of rotatable bonds is 4. The molecule has 0 spiro atoms. The van der Waals surface area contributed by atoms with E-state index in [0.717, 1.165) is 10.0 Å². The van der Waals surface area contributed by atoms with Gasteiger partial charge in [-0.05, 0) is 40.2 Å². The van der Waals surface area contributed by atoms with Crippen molar-refractivity contribution < 1.29 is 13.9 Å². The molecule has 22 heavy (non-hydrogen) atoms. The highest BCUT2D eigenvalue weighted by Crippen LogP contribution is 2.26. The summed E-state index contributed by atoms with van der Waals surface area (Å²) in [6.45, 7) is 3.68. The molecule has 2 aromatic heterocycles. The van der Waals surface area contributed by atoms with Crippen LogP contribution in [0.25, 0.3) is 22.6 Å². The van der Waals surface area contributed by atoms with E-state index in [4.69, 9.17) is 9.15 Å². The first-order valence-electron chi connectivity index (χ1n) is 6.47. The summed E-state index contributed by atoms with van der Waals surface area (Å²) in [7, 11) is 0. The van der Waals surface area contributed by atoms with Gasteiger partial charge in [0.15, 0.2) is 5.58 Å². The molecule has 5 nitrogen and oxygen atoms in total. The van der Waals surface area contributed by atoms with Crippen LogP contribution in [-0.2, 0) is 4.74 Å². The fourth-order valence-corrected chi connectivity index (χ4v) is 2.29. The Morgan fingerprint density at radius 1 is 1.36 bits per heavy atom. The van der Waals surface area contributed by atoms with Gasteiger partial charge in [-0.25, -0.2) is 9.78 Å². The van der Waals surface area contributed by atoms with E-state index in [2.05, 4.69) is 32.5 Å². The van der Waals surface area contributed by atoms with Crippen LogP contribution in [0.15, 0.2) is 58.2 Å². The van der Waals surface area contributed by atoms with Gasteiger partial charge >= 0.3 is 5.97 Å². The lowest BCUT2D eigenvalue weighted by Crippen LogP contribution is -2.04. The number of nitrogens with zero attached hydrogens (tertiary/aromatic N) is 2. The van der Waals surface area contributed by atoms with Gasteiger partial charge in [0.25, 0.3) is 0 Å². The summed E-state index contributed by atoms with van der Waals surface area (Å²) >= 11 is 3.36. The van der Waals surface area contributed by atoms with Gasteiger partial charge in [0.05, 0.1) is 11.1 Å². The number of aromatic nitrogens is 2. The second-order valence-electron chi connectivity index (χ2n) is 4.48. The largest absolute Gasteiger partial charge is 0.458 e. The van der Waals surface area contributed by atoms with Gasteiger partial charge in [-0.2, -0.15) is 0 Å². The van der Waals surface area contributed by atoms with Crippen LogP contribution in [0.1, 0.15) is 10.4 Å². The fraction of sp³-hybridized carbons (Fsp3) is 0.0625. The molecule has 0 bridgehead atoms. The Bertz CT molecular complexity index is 857. The minimum Gasteiger partial charge on any atom is -0.458 e. The summed E-state index contributed by atoms with van der Waals surface area (Å²) < 4.78 is 11.5. The second-order valence-corrected chi connectivity index (χ2v) is 5.40. The van der Waals surface area contributed by atoms with E-state index in [1.165, 1.54) is 6.08 Å². The number of esters is 1.